The third kappa shape index (κ3) is 4.24. The molecule has 1 atom stereocenters. The molecule has 184 valence electrons. The first-order chi connectivity index (χ1) is 17.5. The minimum absolute atomic E-state index is 0.0722. The van der Waals surface area contributed by atoms with Gasteiger partial charge < -0.3 is 14.6 Å². The third-order valence-electron chi connectivity index (χ3n) is 6.68. The minimum Gasteiger partial charge on any atom is -0.507 e. The minimum atomic E-state index is -0.776. The molecule has 3 aromatic carbocycles. The van der Waals surface area contributed by atoms with Crippen molar-refractivity contribution >= 4 is 23.1 Å². The van der Waals surface area contributed by atoms with Crippen LogP contribution in [0, 0.1) is 0 Å². The molecule has 0 radical (unpaired) electrons. The SMILES string of the molecule is CCCOc1cccc(N2C(=O)C(=O)/C(=C(\O)c3ccc4c(c3)CCO4)C2c2ccc(CC)cc2)c1. The van der Waals surface area contributed by atoms with E-state index >= 15 is 0 Å². The number of aliphatic hydroxyl groups excluding tert-OH is 1. The summed E-state index contributed by atoms with van der Waals surface area (Å²) in [6.07, 6.45) is 2.45. The molecule has 1 fully saturated rings. The summed E-state index contributed by atoms with van der Waals surface area (Å²) in [6, 6.07) is 19.6. The van der Waals surface area contributed by atoms with Gasteiger partial charge in [0.1, 0.15) is 17.3 Å². The van der Waals surface area contributed by atoms with E-state index in [2.05, 4.69) is 6.92 Å². The molecule has 1 amide bonds. The van der Waals surface area contributed by atoms with Crippen molar-refractivity contribution in [2.24, 2.45) is 0 Å². The molecule has 1 saturated heterocycles. The van der Waals surface area contributed by atoms with Crippen molar-refractivity contribution < 1.29 is 24.2 Å². The number of aliphatic hydroxyl groups is 1. The van der Waals surface area contributed by atoms with Gasteiger partial charge in [0.25, 0.3) is 11.7 Å². The molecule has 1 unspecified atom stereocenters. The van der Waals surface area contributed by atoms with Crippen molar-refractivity contribution in [2.75, 3.05) is 18.1 Å². The lowest BCUT2D eigenvalue weighted by atomic mass is 9.93. The van der Waals surface area contributed by atoms with Crippen LogP contribution >= 0.6 is 0 Å². The van der Waals surface area contributed by atoms with Crippen LogP contribution in [0.15, 0.2) is 72.3 Å². The number of carbonyl (C=O) groups is 2. The molecule has 2 aliphatic heterocycles. The molecule has 36 heavy (non-hydrogen) atoms. The van der Waals surface area contributed by atoms with E-state index in [0.29, 0.717) is 30.2 Å². The number of carbonyl (C=O) groups excluding carboxylic acids is 2. The average Bonchev–Trinajstić information content (AvgIpc) is 3.49. The molecule has 2 heterocycles. The number of aryl methyl sites for hydroxylation is 1. The zero-order valence-corrected chi connectivity index (χ0v) is 20.5. The molecule has 0 aromatic heterocycles. The van der Waals surface area contributed by atoms with E-state index in [1.165, 1.54) is 4.90 Å². The van der Waals surface area contributed by atoms with Crippen LogP contribution in [-0.4, -0.2) is 30.0 Å². The maximum Gasteiger partial charge on any atom is 0.300 e. The lowest BCUT2D eigenvalue weighted by Gasteiger charge is -2.26. The molecular formula is C30H29NO5. The number of anilines is 1. The number of fused-ring (bicyclic) bond motifs is 1. The highest BCUT2D eigenvalue weighted by atomic mass is 16.5. The van der Waals surface area contributed by atoms with Crippen molar-refractivity contribution in [1.82, 2.24) is 0 Å². The topological polar surface area (TPSA) is 76.1 Å². The first kappa shape index (κ1) is 23.7. The maximum atomic E-state index is 13.4. The number of hydrogen-bond donors (Lipinski definition) is 1. The van der Waals surface area contributed by atoms with Gasteiger partial charge in [-0.15, -0.1) is 0 Å². The molecule has 0 aliphatic carbocycles. The van der Waals surface area contributed by atoms with Crippen molar-refractivity contribution in [3.05, 3.63) is 94.6 Å². The van der Waals surface area contributed by atoms with Crippen LogP contribution in [0.4, 0.5) is 5.69 Å². The first-order valence-corrected chi connectivity index (χ1v) is 12.4. The predicted octanol–water partition coefficient (Wildman–Crippen LogP) is 5.60. The second-order valence-corrected chi connectivity index (χ2v) is 9.03. The number of Topliss-reactive ketones (excluding diaryl/α,β-unsaturated/α-hetero) is 1. The lowest BCUT2D eigenvalue weighted by molar-refractivity contribution is -0.132. The molecule has 0 spiro atoms. The largest absolute Gasteiger partial charge is 0.507 e. The Bertz CT molecular complexity index is 1340. The Hall–Kier alpha value is -4.06. The number of rotatable bonds is 7. The van der Waals surface area contributed by atoms with Crippen LogP contribution in [0.25, 0.3) is 5.76 Å². The molecule has 0 saturated carbocycles. The maximum absolute atomic E-state index is 13.4. The quantitative estimate of drug-likeness (QED) is 0.269. The van der Waals surface area contributed by atoms with Gasteiger partial charge in [0.2, 0.25) is 0 Å². The molecule has 1 N–H and O–H groups in total. The summed E-state index contributed by atoms with van der Waals surface area (Å²) in [7, 11) is 0. The van der Waals surface area contributed by atoms with Crippen LogP contribution in [0.1, 0.15) is 48.6 Å². The first-order valence-electron chi connectivity index (χ1n) is 12.4. The van der Waals surface area contributed by atoms with Gasteiger partial charge in [0.05, 0.1) is 24.8 Å². The summed E-state index contributed by atoms with van der Waals surface area (Å²) in [6.45, 7) is 5.23. The van der Waals surface area contributed by atoms with Gasteiger partial charge in [0, 0.05) is 23.7 Å². The Morgan fingerprint density at radius 1 is 1.06 bits per heavy atom. The average molecular weight is 484 g/mol. The normalized spacial score (nSPS) is 18.3. The van der Waals surface area contributed by atoms with Crippen LogP contribution in [0.5, 0.6) is 11.5 Å². The van der Waals surface area contributed by atoms with Crippen LogP contribution in [0.3, 0.4) is 0 Å². The van der Waals surface area contributed by atoms with E-state index in [0.717, 1.165) is 41.7 Å². The Balaban J connectivity index is 1.65. The van der Waals surface area contributed by atoms with E-state index < -0.39 is 17.7 Å². The summed E-state index contributed by atoms with van der Waals surface area (Å²) >= 11 is 0. The van der Waals surface area contributed by atoms with Gasteiger partial charge in [0.15, 0.2) is 0 Å². The van der Waals surface area contributed by atoms with E-state index in [1.54, 1.807) is 30.3 Å². The van der Waals surface area contributed by atoms with Crippen LogP contribution in [0.2, 0.25) is 0 Å². The van der Waals surface area contributed by atoms with Crippen LogP contribution < -0.4 is 14.4 Å². The third-order valence-corrected chi connectivity index (χ3v) is 6.68. The van der Waals surface area contributed by atoms with Crippen molar-refractivity contribution in [3.63, 3.8) is 0 Å². The van der Waals surface area contributed by atoms with Gasteiger partial charge >= 0.3 is 0 Å². The highest BCUT2D eigenvalue weighted by molar-refractivity contribution is 6.51. The number of nitrogens with zero attached hydrogens (tertiary/aromatic N) is 1. The zero-order chi connectivity index (χ0) is 25.2. The Morgan fingerprint density at radius 3 is 2.61 bits per heavy atom. The van der Waals surface area contributed by atoms with E-state index in [9.17, 15) is 14.7 Å². The second-order valence-electron chi connectivity index (χ2n) is 9.03. The molecule has 5 rings (SSSR count). The van der Waals surface area contributed by atoms with E-state index in [4.69, 9.17) is 9.47 Å². The van der Waals surface area contributed by atoms with Gasteiger partial charge in [-0.3, -0.25) is 14.5 Å². The fraction of sp³-hybridized carbons (Fsp3) is 0.267. The lowest BCUT2D eigenvalue weighted by Crippen LogP contribution is -2.29. The smallest absolute Gasteiger partial charge is 0.300 e. The summed E-state index contributed by atoms with van der Waals surface area (Å²) < 4.78 is 11.4. The van der Waals surface area contributed by atoms with Crippen molar-refractivity contribution in [2.45, 2.75) is 39.2 Å². The molecule has 6 nitrogen and oxygen atoms in total. The highest BCUT2D eigenvalue weighted by Gasteiger charge is 2.47. The van der Waals surface area contributed by atoms with Gasteiger partial charge in [-0.25, -0.2) is 0 Å². The Morgan fingerprint density at radius 2 is 1.86 bits per heavy atom. The van der Waals surface area contributed by atoms with E-state index in [1.807, 2.05) is 43.3 Å². The van der Waals surface area contributed by atoms with Gasteiger partial charge in [-0.1, -0.05) is 44.2 Å². The van der Waals surface area contributed by atoms with E-state index in [-0.39, 0.29) is 11.3 Å². The standard InChI is InChI=1S/C30H29NO5/c1-3-15-35-24-7-5-6-23(18-24)31-27(20-10-8-19(4-2)9-11-20)26(29(33)30(31)34)28(32)22-12-13-25-21(17-22)14-16-36-25/h5-13,17-18,27,32H,3-4,14-16H2,1-2H3/b28-26-. The van der Waals surface area contributed by atoms with Crippen molar-refractivity contribution in [1.29, 1.82) is 0 Å². The zero-order valence-electron chi connectivity index (χ0n) is 20.5. The van der Waals surface area contributed by atoms with Crippen LogP contribution in [-0.2, 0) is 22.4 Å². The Labute approximate surface area is 210 Å². The molecule has 0 bridgehead atoms. The fourth-order valence-corrected chi connectivity index (χ4v) is 4.78. The monoisotopic (exact) mass is 483 g/mol. The predicted molar refractivity (Wildman–Crippen MR) is 138 cm³/mol. The summed E-state index contributed by atoms with van der Waals surface area (Å²) in [5.41, 5.74) is 3.96. The van der Waals surface area contributed by atoms with Gasteiger partial charge in [-0.05, 0) is 59.9 Å². The number of amides is 1. The van der Waals surface area contributed by atoms with Gasteiger partial charge in [-0.2, -0.15) is 0 Å². The molecule has 2 aliphatic rings. The summed E-state index contributed by atoms with van der Waals surface area (Å²) in [4.78, 5) is 28.3. The molecular weight excluding hydrogens is 454 g/mol. The van der Waals surface area contributed by atoms with Crippen molar-refractivity contribution in [3.8, 4) is 11.5 Å². The highest BCUT2D eigenvalue weighted by Crippen LogP contribution is 2.43. The Kier molecular flexibility index (Phi) is 6.51. The number of ketones is 1. The summed E-state index contributed by atoms with van der Waals surface area (Å²) in [5, 5.41) is 11.4. The number of ether oxygens (including phenoxy) is 2. The number of benzene rings is 3. The molecule has 3 aromatic rings. The number of hydrogen-bond acceptors (Lipinski definition) is 5. The second kappa shape index (κ2) is 9.90. The summed E-state index contributed by atoms with van der Waals surface area (Å²) in [5.74, 6) is -0.182. The molecule has 6 heteroatoms. The fourth-order valence-electron chi connectivity index (χ4n) is 4.78.